The Morgan fingerprint density at radius 2 is 1.79 bits per heavy atom. The van der Waals surface area contributed by atoms with Crippen LogP contribution in [-0.4, -0.2) is 9.97 Å². The Morgan fingerprint density at radius 1 is 1.11 bits per heavy atom. The van der Waals surface area contributed by atoms with Crippen LogP contribution in [0.4, 0.5) is 17.3 Å². The first-order valence-corrected chi connectivity index (χ1v) is 6.31. The second-order valence-electron chi connectivity index (χ2n) is 3.99. The minimum atomic E-state index is 0.519. The van der Waals surface area contributed by atoms with E-state index in [1.165, 1.54) is 0 Å². The number of nitrogen functional groups attached to an aromatic ring is 1. The quantitative estimate of drug-likeness (QED) is 0.598. The number of benzene rings is 1. The predicted octanol–water partition coefficient (Wildman–Crippen LogP) is 3.43. The van der Waals surface area contributed by atoms with Crippen LogP contribution in [0.3, 0.4) is 0 Å². The summed E-state index contributed by atoms with van der Waals surface area (Å²) in [4.78, 5) is 8.52. The van der Waals surface area contributed by atoms with E-state index in [0.717, 1.165) is 11.3 Å². The third kappa shape index (κ3) is 3.07. The van der Waals surface area contributed by atoms with Crippen LogP contribution in [-0.2, 0) is 0 Å². The number of aryl methyl sites for hydroxylation is 1. The summed E-state index contributed by atoms with van der Waals surface area (Å²) in [5.41, 5.74) is 4.06. The molecule has 100 valence electrons. The fraction of sp³-hybridized carbons (Fsp3) is 0.167. The van der Waals surface area contributed by atoms with Crippen LogP contribution in [0.25, 0.3) is 0 Å². The topological polar surface area (TPSA) is 75.9 Å². The highest BCUT2D eigenvalue weighted by molar-refractivity contribution is 6.36. The number of halogens is 2. The second kappa shape index (κ2) is 5.61. The minimum Gasteiger partial charge on any atom is -0.339 e. The minimum absolute atomic E-state index is 0.519. The van der Waals surface area contributed by atoms with Crippen LogP contribution in [0.5, 0.6) is 0 Å². The Balaban J connectivity index is 2.40. The fourth-order valence-corrected chi connectivity index (χ4v) is 2.06. The maximum atomic E-state index is 6.11. The average molecular weight is 298 g/mol. The Bertz CT molecular complexity index is 615. The zero-order valence-corrected chi connectivity index (χ0v) is 12.0. The Morgan fingerprint density at radius 3 is 2.42 bits per heavy atom. The lowest BCUT2D eigenvalue weighted by Crippen LogP contribution is -2.13. The van der Waals surface area contributed by atoms with Crippen molar-refractivity contribution < 1.29 is 0 Å². The van der Waals surface area contributed by atoms with E-state index in [-0.39, 0.29) is 0 Å². The van der Waals surface area contributed by atoms with Crippen molar-refractivity contribution in [1.29, 1.82) is 0 Å². The van der Waals surface area contributed by atoms with Gasteiger partial charge in [0.25, 0.3) is 0 Å². The Kier molecular flexibility index (Phi) is 4.09. The number of nitrogens with zero attached hydrogens (tertiary/aromatic N) is 2. The summed E-state index contributed by atoms with van der Waals surface area (Å²) < 4.78 is 0. The van der Waals surface area contributed by atoms with Gasteiger partial charge in [-0.1, -0.05) is 23.2 Å². The third-order valence-electron chi connectivity index (χ3n) is 2.58. The maximum absolute atomic E-state index is 6.11. The van der Waals surface area contributed by atoms with Crippen molar-refractivity contribution in [2.75, 3.05) is 10.7 Å². The molecule has 2 rings (SSSR count). The van der Waals surface area contributed by atoms with Gasteiger partial charge in [-0.3, -0.25) is 0 Å². The molecule has 0 saturated heterocycles. The van der Waals surface area contributed by atoms with Crippen molar-refractivity contribution in [1.82, 2.24) is 9.97 Å². The first-order valence-electron chi connectivity index (χ1n) is 5.55. The van der Waals surface area contributed by atoms with Gasteiger partial charge in [-0.15, -0.1) is 0 Å². The molecule has 0 aliphatic rings. The van der Waals surface area contributed by atoms with E-state index in [2.05, 4.69) is 20.7 Å². The first-order chi connectivity index (χ1) is 9.01. The van der Waals surface area contributed by atoms with Crippen LogP contribution in [0.2, 0.25) is 10.0 Å². The summed E-state index contributed by atoms with van der Waals surface area (Å²) in [7, 11) is 0. The number of rotatable bonds is 3. The van der Waals surface area contributed by atoms with Gasteiger partial charge in [0.1, 0.15) is 17.5 Å². The maximum Gasteiger partial charge on any atom is 0.148 e. The molecule has 0 unspecified atom stereocenters. The molecule has 7 heteroatoms. The molecule has 1 heterocycles. The molecule has 4 N–H and O–H groups in total. The molecule has 2 aromatic rings. The van der Waals surface area contributed by atoms with Gasteiger partial charge in [-0.2, -0.15) is 0 Å². The SMILES string of the molecule is Cc1nc(NN)c(C)c(Nc2ccc(Cl)cc2Cl)n1. The van der Waals surface area contributed by atoms with E-state index in [1.54, 1.807) is 25.1 Å². The highest BCUT2D eigenvalue weighted by atomic mass is 35.5. The molecule has 0 spiro atoms. The van der Waals surface area contributed by atoms with Gasteiger partial charge in [0.15, 0.2) is 0 Å². The largest absolute Gasteiger partial charge is 0.339 e. The van der Waals surface area contributed by atoms with Gasteiger partial charge in [0.05, 0.1) is 10.7 Å². The molecule has 19 heavy (non-hydrogen) atoms. The second-order valence-corrected chi connectivity index (χ2v) is 4.83. The van der Waals surface area contributed by atoms with Crippen molar-refractivity contribution in [2.45, 2.75) is 13.8 Å². The molecule has 0 fully saturated rings. The van der Waals surface area contributed by atoms with Crippen molar-refractivity contribution in [2.24, 2.45) is 5.84 Å². The van der Waals surface area contributed by atoms with Gasteiger partial charge in [-0.05, 0) is 32.0 Å². The molecule has 0 amide bonds. The molecule has 0 aliphatic heterocycles. The summed E-state index contributed by atoms with van der Waals surface area (Å²) in [6, 6.07) is 5.20. The summed E-state index contributed by atoms with van der Waals surface area (Å²) >= 11 is 12.0. The molecule has 0 bridgehead atoms. The number of hydrogen-bond donors (Lipinski definition) is 3. The van der Waals surface area contributed by atoms with Crippen molar-refractivity contribution in [3.8, 4) is 0 Å². The molecule has 0 atom stereocenters. The average Bonchev–Trinajstić information content (AvgIpc) is 2.36. The summed E-state index contributed by atoms with van der Waals surface area (Å²) in [5, 5.41) is 4.24. The Hall–Kier alpha value is -1.56. The zero-order valence-electron chi connectivity index (χ0n) is 10.5. The standard InChI is InChI=1S/C12H13Cl2N5/c1-6-11(16-7(2)17-12(6)19-15)18-10-4-3-8(13)5-9(10)14/h3-5H,15H2,1-2H3,(H2,16,17,18,19). The molecular weight excluding hydrogens is 285 g/mol. The Labute approximate surface area is 121 Å². The third-order valence-corrected chi connectivity index (χ3v) is 3.13. The zero-order chi connectivity index (χ0) is 14.0. The monoisotopic (exact) mass is 297 g/mol. The van der Waals surface area contributed by atoms with Crippen LogP contribution >= 0.6 is 23.2 Å². The van der Waals surface area contributed by atoms with Crippen LogP contribution in [0.1, 0.15) is 11.4 Å². The van der Waals surface area contributed by atoms with Crippen molar-refractivity contribution in [3.05, 3.63) is 39.6 Å². The molecule has 1 aromatic heterocycles. The number of hydrazine groups is 1. The van der Waals surface area contributed by atoms with Crippen molar-refractivity contribution in [3.63, 3.8) is 0 Å². The highest BCUT2D eigenvalue weighted by Crippen LogP contribution is 2.29. The lowest BCUT2D eigenvalue weighted by atomic mass is 10.2. The van der Waals surface area contributed by atoms with E-state index >= 15 is 0 Å². The number of hydrogen-bond acceptors (Lipinski definition) is 5. The molecular formula is C12H13Cl2N5. The van der Waals surface area contributed by atoms with E-state index in [4.69, 9.17) is 29.0 Å². The fourth-order valence-electron chi connectivity index (χ4n) is 1.61. The molecule has 0 aliphatic carbocycles. The van der Waals surface area contributed by atoms with E-state index in [1.807, 2.05) is 6.92 Å². The highest BCUT2D eigenvalue weighted by Gasteiger charge is 2.10. The number of anilines is 3. The normalized spacial score (nSPS) is 10.4. The summed E-state index contributed by atoms with van der Waals surface area (Å²) in [6.45, 7) is 3.65. The van der Waals surface area contributed by atoms with E-state index < -0.39 is 0 Å². The molecule has 5 nitrogen and oxygen atoms in total. The van der Waals surface area contributed by atoms with Gasteiger partial charge >= 0.3 is 0 Å². The van der Waals surface area contributed by atoms with Crippen LogP contribution < -0.4 is 16.6 Å². The lowest BCUT2D eigenvalue weighted by Gasteiger charge is -2.13. The van der Waals surface area contributed by atoms with Gasteiger partial charge in [0.2, 0.25) is 0 Å². The number of aromatic nitrogens is 2. The van der Waals surface area contributed by atoms with Gasteiger partial charge in [-0.25, -0.2) is 15.8 Å². The molecule has 0 saturated carbocycles. The van der Waals surface area contributed by atoms with Crippen LogP contribution in [0.15, 0.2) is 18.2 Å². The van der Waals surface area contributed by atoms with E-state index in [9.17, 15) is 0 Å². The molecule has 0 radical (unpaired) electrons. The first kappa shape index (κ1) is 13.9. The van der Waals surface area contributed by atoms with E-state index in [0.29, 0.717) is 27.5 Å². The van der Waals surface area contributed by atoms with Gasteiger partial charge < -0.3 is 10.7 Å². The summed E-state index contributed by atoms with van der Waals surface area (Å²) in [5.74, 6) is 7.24. The number of nitrogens with two attached hydrogens (primary N) is 1. The van der Waals surface area contributed by atoms with Gasteiger partial charge in [0, 0.05) is 10.6 Å². The van der Waals surface area contributed by atoms with Crippen molar-refractivity contribution >= 4 is 40.5 Å². The predicted molar refractivity (Wildman–Crippen MR) is 79.1 cm³/mol. The smallest absolute Gasteiger partial charge is 0.148 e. The summed E-state index contributed by atoms with van der Waals surface area (Å²) in [6.07, 6.45) is 0. The molecule has 1 aromatic carbocycles. The number of nitrogens with one attached hydrogen (secondary N) is 2. The van der Waals surface area contributed by atoms with Crippen LogP contribution in [0, 0.1) is 13.8 Å². The lowest BCUT2D eigenvalue weighted by molar-refractivity contribution is 1.03.